The molecule has 144 valence electrons. The first-order chi connectivity index (χ1) is 14.1. The van der Waals surface area contributed by atoms with Crippen LogP contribution in [0.1, 0.15) is 27.3 Å². The molecule has 0 saturated heterocycles. The summed E-state index contributed by atoms with van der Waals surface area (Å²) >= 11 is 0. The molecule has 5 heteroatoms. The van der Waals surface area contributed by atoms with Gasteiger partial charge in [0, 0.05) is 29.2 Å². The Balaban J connectivity index is 1.48. The lowest BCUT2D eigenvalue weighted by molar-refractivity contribution is 0.0951. The third kappa shape index (κ3) is 4.41. The molecule has 0 aliphatic carbocycles. The Morgan fingerprint density at radius 3 is 2.41 bits per heavy atom. The van der Waals surface area contributed by atoms with Crippen molar-refractivity contribution >= 4 is 28.3 Å². The average molecular weight is 382 g/mol. The molecule has 0 unspecified atom stereocenters. The van der Waals surface area contributed by atoms with Crippen molar-refractivity contribution < 1.29 is 4.79 Å². The zero-order chi connectivity index (χ0) is 20.2. The highest BCUT2D eigenvalue weighted by Gasteiger charge is 2.08. The fourth-order valence-corrected chi connectivity index (χ4v) is 3.37. The number of aromatic nitrogens is 2. The lowest BCUT2D eigenvalue weighted by Gasteiger charge is -2.10. The normalized spacial score (nSPS) is 10.7. The second-order valence-electron chi connectivity index (χ2n) is 7.00. The van der Waals surface area contributed by atoms with Crippen LogP contribution in [0.3, 0.4) is 0 Å². The van der Waals surface area contributed by atoms with E-state index in [4.69, 9.17) is 0 Å². The smallest absolute Gasteiger partial charge is 0.251 e. The van der Waals surface area contributed by atoms with Crippen LogP contribution in [-0.2, 0) is 6.54 Å². The Morgan fingerprint density at radius 2 is 1.59 bits per heavy atom. The van der Waals surface area contributed by atoms with Crippen molar-refractivity contribution in [2.45, 2.75) is 20.4 Å². The van der Waals surface area contributed by atoms with Crippen LogP contribution in [0.2, 0.25) is 0 Å². The topological polar surface area (TPSA) is 66.9 Å². The summed E-state index contributed by atoms with van der Waals surface area (Å²) in [7, 11) is 0. The largest absolute Gasteiger partial charge is 0.348 e. The van der Waals surface area contributed by atoms with E-state index in [9.17, 15) is 4.79 Å². The van der Waals surface area contributed by atoms with E-state index in [1.54, 1.807) is 12.1 Å². The Labute approximate surface area is 169 Å². The number of anilines is 2. The molecule has 0 aliphatic rings. The van der Waals surface area contributed by atoms with E-state index in [1.807, 2.05) is 56.3 Å². The predicted octanol–water partition coefficient (Wildman–Crippen LogP) is 4.92. The molecule has 4 rings (SSSR count). The molecule has 4 aromatic rings. The number of rotatable bonds is 5. The molecule has 2 N–H and O–H groups in total. The fourth-order valence-electron chi connectivity index (χ4n) is 3.37. The molecular formula is C24H22N4O. The monoisotopic (exact) mass is 382 g/mol. The Morgan fingerprint density at radius 1 is 0.862 bits per heavy atom. The van der Waals surface area contributed by atoms with E-state index in [1.165, 1.54) is 5.39 Å². The molecule has 1 heterocycles. The number of benzene rings is 3. The Hall–Kier alpha value is -3.73. The molecule has 0 radical (unpaired) electrons. The molecule has 29 heavy (non-hydrogen) atoms. The van der Waals surface area contributed by atoms with Gasteiger partial charge < -0.3 is 10.6 Å². The summed E-state index contributed by atoms with van der Waals surface area (Å²) in [4.78, 5) is 21.5. The maximum atomic E-state index is 12.7. The second kappa shape index (κ2) is 8.10. The van der Waals surface area contributed by atoms with Crippen LogP contribution in [0.15, 0.2) is 72.8 Å². The van der Waals surface area contributed by atoms with Crippen LogP contribution in [0, 0.1) is 13.8 Å². The quantitative estimate of drug-likeness (QED) is 0.514. The predicted molar refractivity (Wildman–Crippen MR) is 116 cm³/mol. The van der Waals surface area contributed by atoms with Gasteiger partial charge in [0.05, 0.1) is 0 Å². The highest BCUT2D eigenvalue weighted by molar-refractivity contribution is 5.95. The third-order valence-electron chi connectivity index (χ3n) is 4.68. The van der Waals surface area contributed by atoms with E-state index in [0.29, 0.717) is 18.1 Å². The summed E-state index contributed by atoms with van der Waals surface area (Å²) in [5, 5.41) is 8.51. The summed E-state index contributed by atoms with van der Waals surface area (Å²) in [5.74, 6) is 0.402. The van der Waals surface area contributed by atoms with E-state index in [0.717, 1.165) is 28.0 Å². The zero-order valence-electron chi connectivity index (χ0n) is 16.4. The first kappa shape index (κ1) is 18.6. The van der Waals surface area contributed by atoms with Crippen molar-refractivity contribution in [3.8, 4) is 0 Å². The molecule has 1 aromatic heterocycles. The van der Waals surface area contributed by atoms with Gasteiger partial charge in [0.1, 0.15) is 0 Å². The summed E-state index contributed by atoms with van der Waals surface area (Å²) in [5.41, 5.74) is 4.23. The fraction of sp³-hybridized carbons (Fsp3) is 0.125. The minimum atomic E-state index is -0.122. The number of amides is 1. The number of carbonyl (C=O) groups is 1. The number of aryl methyl sites for hydroxylation is 2. The molecule has 0 fully saturated rings. The summed E-state index contributed by atoms with van der Waals surface area (Å²) < 4.78 is 0. The second-order valence-corrected chi connectivity index (χ2v) is 7.00. The van der Waals surface area contributed by atoms with Crippen LogP contribution >= 0.6 is 0 Å². The molecule has 0 aliphatic heterocycles. The third-order valence-corrected chi connectivity index (χ3v) is 4.68. The van der Waals surface area contributed by atoms with E-state index in [2.05, 4.69) is 38.8 Å². The molecule has 1 amide bonds. The van der Waals surface area contributed by atoms with E-state index < -0.39 is 0 Å². The van der Waals surface area contributed by atoms with Gasteiger partial charge in [-0.1, -0.05) is 48.5 Å². The van der Waals surface area contributed by atoms with Crippen LogP contribution in [-0.4, -0.2) is 15.9 Å². The van der Waals surface area contributed by atoms with Crippen LogP contribution < -0.4 is 10.6 Å². The molecule has 0 atom stereocenters. The van der Waals surface area contributed by atoms with Gasteiger partial charge >= 0.3 is 0 Å². The number of hydrogen-bond donors (Lipinski definition) is 2. The van der Waals surface area contributed by atoms with Crippen molar-refractivity contribution in [1.82, 2.24) is 15.3 Å². The van der Waals surface area contributed by atoms with Gasteiger partial charge in [-0.2, -0.15) is 0 Å². The van der Waals surface area contributed by atoms with Crippen LogP contribution in [0.4, 0.5) is 11.6 Å². The standard InChI is InChI=1S/C24H22N4O/c1-16-13-17(2)27-24(26-16)28-21-11-6-9-19(14-21)23(29)25-15-20-10-5-8-18-7-3-4-12-22(18)20/h3-14H,15H2,1-2H3,(H,25,29)(H,26,27,28). The van der Waals surface area contributed by atoms with Crippen molar-refractivity contribution in [2.75, 3.05) is 5.32 Å². The van der Waals surface area contributed by atoms with Crippen molar-refractivity contribution in [3.05, 3.63) is 95.3 Å². The Bertz CT molecular complexity index is 1160. The molecule has 0 bridgehead atoms. The molecular weight excluding hydrogens is 360 g/mol. The van der Waals surface area contributed by atoms with Gasteiger partial charge in [-0.05, 0) is 54.4 Å². The van der Waals surface area contributed by atoms with Gasteiger partial charge in [-0.15, -0.1) is 0 Å². The lowest BCUT2D eigenvalue weighted by Crippen LogP contribution is -2.23. The van der Waals surface area contributed by atoms with Gasteiger partial charge in [-0.25, -0.2) is 9.97 Å². The molecule has 3 aromatic carbocycles. The van der Waals surface area contributed by atoms with Crippen LogP contribution in [0.25, 0.3) is 10.8 Å². The maximum Gasteiger partial charge on any atom is 0.251 e. The first-order valence-electron chi connectivity index (χ1n) is 9.53. The highest BCUT2D eigenvalue weighted by atomic mass is 16.1. The van der Waals surface area contributed by atoms with Crippen molar-refractivity contribution in [2.24, 2.45) is 0 Å². The number of carbonyl (C=O) groups excluding carboxylic acids is 1. The summed E-state index contributed by atoms with van der Waals surface area (Å²) in [6, 6.07) is 23.6. The first-order valence-corrected chi connectivity index (χ1v) is 9.53. The number of nitrogens with zero attached hydrogens (tertiary/aromatic N) is 2. The van der Waals surface area contributed by atoms with E-state index in [-0.39, 0.29) is 5.91 Å². The van der Waals surface area contributed by atoms with Crippen molar-refractivity contribution in [3.63, 3.8) is 0 Å². The minimum Gasteiger partial charge on any atom is -0.348 e. The molecule has 5 nitrogen and oxygen atoms in total. The van der Waals surface area contributed by atoms with E-state index >= 15 is 0 Å². The summed E-state index contributed by atoms with van der Waals surface area (Å²) in [6.07, 6.45) is 0. The number of hydrogen-bond acceptors (Lipinski definition) is 4. The van der Waals surface area contributed by atoms with Crippen LogP contribution in [0.5, 0.6) is 0 Å². The highest BCUT2D eigenvalue weighted by Crippen LogP contribution is 2.19. The number of nitrogens with one attached hydrogen (secondary N) is 2. The van der Waals surface area contributed by atoms with Crippen molar-refractivity contribution in [1.29, 1.82) is 0 Å². The SMILES string of the molecule is Cc1cc(C)nc(Nc2cccc(C(=O)NCc3cccc4ccccc34)c2)n1. The Kier molecular flexibility index (Phi) is 5.20. The number of fused-ring (bicyclic) bond motifs is 1. The van der Waals surface area contributed by atoms with Gasteiger partial charge in [0.25, 0.3) is 5.91 Å². The average Bonchev–Trinajstić information content (AvgIpc) is 2.71. The van der Waals surface area contributed by atoms with Gasteiger partial charge in [0.15, 0.2) is 0 Å². The van der Waals surface area contributed by atoms with Gasteiger partial charge in [0.2, 0.25) is 5.95 Å². The molecule has 0 spiro atoms. The minimum absolute atomic E-state index is 0.122. The zero-order valence-corrected chi connectivity index (χ0v) is 16.4. The lowest BCUT2D eigenvalue weighted by atomic mass is 10.0. The maximum absolute atomic E-state index is 12.7. The van der Waals surface area contributed by atoms with Gasteiger partial charge in [-0.3, -0.25) is 4.79 Å². The summed E-state index contributed by atoms with van der Waals surface area (Å²) in [6.45, 7) is 4.33. The molecule has 0 saturated carbocycles.